The highest BCUT2D eigenvalue weighted by Gasteiger charge is 2.31. The number of esters is 1. The molecule has 192 valence electrons. The average molecular weight is 517 g/mol. The first-order valence-corrected chi connectivity index (χ1v) is 10.5. The molecule has 2 aromatic carbocycles. The molecule has 0 amide bonds. The fraction of sp³-hybridized carbons (Fsp3) is 0.217. The zero-order valence-electron chi connectivity index (χ0n) is 19.3. The van der Waals surface area contributed by atoms with Crippen LogP contribution in [0.25, 0.3) is 11.4 Å². The molecule has 0 aliphatic carbocycles. The van der Waals surface area contributed by atoms with Crippen molar-refractivity contribution < 1.29 is 37.1 Å². The van der Waals surface area contributed by atoms with Gasteiger partial charge in [0.2, 0.25) is 5.82 Å². The van der Waals surface area contributed by atoms with Crippen LogP contribution < -0.4 is 14.8 Å². The van der Waals surface area contributed by atoms with E-state index < -0.39 is 46.6 Å². The molecule has 0 saturated heterocycles. The minimum atomic E-state index is -4.58. The second kappa shape index (κ2) is 11.2. The van der Waals surface area contributed by atoms with Crippen LogP contribution in [0.4, 0.5) is 24.7 Å². The van der Waals surface area contributed by atoms with Gasteiger partial charge in [0, 0.05) is 11.6 Å². The van der Waals surface area contributed by atoms with E-state index in [1.54, 1.807) is 6.92 Å². The van der Waals surface area contributed by atoms with Crippen LogP contribution in [0.3, 0.4) is 0 Å². The molecule has 1 heterocycles. The number of carbonyl (C=O) groups is 1. The summed E-state index contributed by atoms with van der Waals surface area (Å²) in [5.41, 5.74) is -1.48. The Morgan fingerprint density at radius 2 is 1.84 bits per heavy atom. The highest BCUT2D eigenvalue weighted by Crippen LogP contribution is 2.38. The lowest BCUT2D eigenvalue weighted by Crippen LogP contribution is -2.18. The number of carbonyl (C=O) groups excluding carboxylic acids is 1. The summed E-state index contributed by atoms with van der Waals surface area (Å²) >= 11 is 0. The second-order valence-electron chi connectivity index (χ2n) is 7.15. The first-order chi connectivity index (χ1) is 17.5. The van der Waals surface area contributed by atoms with Gasteiger partial charge in [-0.15, -0.1) is 0 Å². The maximum absolute atomic E-state index is 13.0. The van der Waals surface area contributed by atoms with Crippen molar-refractivity contribution in [3.05, 3.63) is 63.7 Å². The van der Waals surface area contributed by atoms with Gasteiger partial charge in [-0.1, -0.05) is 12.1 Å². The number of halogens is 3. The number of methoxy groups -OCH3 is 1. The van der Waals surface area contributed by atoms with Crippen molar-refractivity contribution in [3.63, 3.8) is 0 Å². The summed E-state index contributed by atoms with van der Waals surface area (Å²) < 4.78 is 54.5. The Kier molecular flexibility index (Phi) is 8.08. The molecule has 0 aliphatic heterocycles. The number of nitrogens with zero attached hydrogens (tertiary/aromatic N) is 4. The van der Waals surface area contributed by atoms with Gasteiger partial charge < -0.3 is 19.5 Å². The third kappa shape index (κ3) is 6.60. The van der Waals surface area contributed by atoms with E-state index in [1.165, 1.54) is 25.3 Å². The van der Waals surface area contributed by atoms with Crippen LogP contribution in [-0.4, -0.2) is 41.1 Å². The first-order valence-electron chi connectivity index (χ1n) is 10.5. The van der Waals surface area contributed by atoms with Gasteiger partial charge in [0.15, 0.2) is 5.82 Å². The standard InChI is InChI=1S/C23H18F3N5O6/c1-3-36-18(32)12-28-21-19(31(33)34)22(37-17-9-13(11-27)8-16(10-17)35-2)30-20(29-21)14-4-6-15(7-5-14)23(24,25)26/h4-10H,3,12H2,1-2H3,(H,28,29,30). The van der Waals surface area contributed by atoms with E-state index >= 15 is 0 Å². The summed E-state index contributed by atoms with van der Waals surface area (Å²) in [5.74, 6) is -1.84. The van der Waals surface area contributed by atoms with E-state index in [1.807, 2.05) is 6.07 Å². The number of ether oxygens (including phenoxy) is 3. The Bertz CT molecular complexity index is 1360. The minimum Gasteiger partial charge on any atom is -0.497 e. The molecular weight excluding hydrogens is 499 g/mol. The molecule has 0 atom stereocenters. The van der Waals surface area contributed by atoms with Gasteiger partial charge in [-0.3, -0.25) is 14.9 Å². The van der Waals surface area contributed by atoms with Gasteiger partial charge in [0.05, 0.1) is 35.8 Å². The molecule has 0 saturated carbocycles. The summed E-state index contributed by atoms with van der Waals surface area (Å²) in [6, 6.07) is 9.69. The van der Waals surface area contributed by atoms with Crippen LogP contribution in [0.5, 0.6) is 17.4 Å². The van der Waals surface area contributed by atoms with Gasteiger partial charge >= 0.3 is 23.7 Å². The number of nitrogens with one attached hydrogen (secondary N) is 1. The van der Waals surface area contributed by atoms with Gasteiger partial charge in [0.1, 0.15) is 18.0 Å². The molecule has 14 heteroatoms. The number of benzene rings is 2. The molecular formula is C23H18F3N5O6. The summed E-state index contributed by atoms with van der Waals surface area (Å²) in [6.45, 7) is 1.13. The monoisotopic (exact) mass is 517 g/mol. The summed E-state index contributed by atoms with van der Waals surface area (Å²) in [5, 5.41) is 23.7. The molecule has 0 aliphatic rings. The number of anilines is 1. The van der Waals surface area contributed by atoms with Crippen LogP contribution in [-0.2, 0) is 15.7 Å². The highest BCUT2D eigenvalue weighted by molar-refractivity contribution is 5.77. The molecule has 1 N–H and O–H groups in total. The Morgan fingerprint density at radius 1 is 1.16 bits per heavy atom. The molecule has 37 heavy (non-hydrogen) atoms. The molecule has 3 aromatic rings. The van der Waals surface area contributed by atoms with Gasteiger partial charge in [-0.2, -0.15) is 23.4 Å². The van der Waals surface area contributed by atoms with Crippen molar-refractivity contribution >= 4 is 17.5 Å². The maximum Gasteiger partial charge on any atom is 0.416 e. The van der Waals surface area contributed by atoms with E-state index in [9.17, 15) is 33.3 Å². The SMILES string of the molecule is CCOC(=O)CNc1nc(-c2ccc(C(F)(F)F)cc2)nc(Oc2cc(C#N)cc(OC)c2)c1[N+](=O)[O-]. The average Bonchev–Trinajstić information content (AvgIpc) is 2.86. The normalized spacial score (nSPS) is 10.8. The number of hydrogen-bond acceptors (Lipinski definition) is 10. The predicted molar refractivity (Wildman–Crippen MR) is 122 cm³/mol. The second-order valence-corrected chi connectivity index (χ2v) is 7.15. The van der Waals surface area contributed by atoms with E-state index in [0.29, 0.717) is 0 Å². The molecule has 3 rings (SSSR count). The number of rotatable bonds is 9. The van der Waals surface area contributed by atoms with Crippen LogP contribution in [0.15, 0.2) is 42.5 Å². The van der Waals surface area contributed by atoms with E-state index in [4.69, 9.17) is 14.2 Å². The third-order valence-corrected chi connectivity index (χ3v) is 4.67. The number of aromatic nitrogens is 2. The van der Waals surface area contributed by atoms with Crippen molar-refractivity contribution in [2.24, 2.45) is 0 Å². The molecule has 0 spiro atoms. The van der Waals surface area contributed by atoms with Crippen molar-refractivity contribution in [1.82, 2.24) is 9.97 Å². The van der Waals surface area contributed by atoms with Gasteiger partial charge in [0.25, 0.3) is 0 Å². The summed E-state index contributed by atoms with van der Waals surface area (Å²) in [4.78, 5) is 31.0. The number of nitro groups is 1. The fourth-order valence-electron chi connectivity index (χ4n) is 3.02. The van der Waals surface area contributed by atoms with Crippen molar-refractivity contribution in [1.29, 1.82) is 5.26 Å². The smallest absolute Gasteiger partial charge is 0.416 e. The van der Waals surface area contributed by atoms with Crippen molar-refractivity contribution in [3.8, 4) is 34.8 Å². The number of hydrogen-bond donors (Lipinski definition) is 1. The zero-order valence-corrected chi connectivity index (χ0v) is 19.3. The lowest BCUT2D eigenvalue weighted by atomic mass is 10.1. The Hall–Kier alpha value is -4.93. The fourth-order valence-corrected chi connectivity index (χ4v) is 3.02. The van der Waals surface area contributed by atoms with Gasteiger partial charge in [-0.25, -0.2) is 4.98 Å². The molecule has 0 fully saturated rings. The molecule has 0 radical (unpaired) electrons. The summed E-state index contributed by atoms with van der Waals surface area (Å²) in [6.07, 6.45) is -4.58. The van der Waals surface area contributed by atoms with Crippen LogP contribution in [0.2, 0.25) is 0 Å². The van der Waals surface area contributed by atoms with Crippen molar-refractivity contribution in [2.45, 2.75) is 13.1 Å². The van der Waals surface area contributed by atoms with Crippen LogP contribution >= 0.6 is 0 Å². The predicted octanol–water partition coefficient (Wildman–Crippen LogP) is 4.72. The van der Waals surface area contributed by atoms with E-state index in [-0.39, 0.29) is 35.1 Å². The third-order valence-electron chi connectivity index (χ3n) is 4.67. The zero-order chi connectivity index (χ0) is 27.2. The maximum atomic E-state index is 13.0. The van der Waals surface area contributed by atoms with E-state index in [0.717, 1.165) is 24.3 Å². The van der Waals surface area contributed by atoms with Crippen LogP contribution in [0.1, 0.15) is 18.1 Å². The lowest BCUT2D eigenvalue weighted by molar-refractivity contribution is -0.385. The highest BCUT2D eigenvalue weighted by atomic mass is 19.4. The molecule has 1 aromatic heterocycles. The van der Waals surface area contributed by atoms with Crippen molar-refractivity contribution in [2.75, 3.05) is 25.6 Å². The van der Waals surface area contributed by atoms with Crippen LogP contribution in [0, 0.1) is 21.4 Å². The Labute approximate surface area is 207 Å². The Balaban J connectivity index is 2.15. The number of nitriles is 1. The number of alkyl halides is 3. The van der Waals surface area contributed by atoms with Gasteiger partial charge in [-0.05, 0) is 31.2 Å². The molecule has 0 bridgehead atoms. The molecule has 0 unspecified atom stereocenters. The lowest BCUT2D eigenvalue weighted by Gasteiger charge is -2.13. The summed E-state index contributed by atoms with van der Waals surface area (Å²) in [7, 11) is 1.34. The minimum absolute atomic E-state index is 0.0487. The molecule has 11 nitrogen and oxygen atoms in total. The van der Waals surface area contributed by atoms with E-state index in [2.05, 4.69) is 15.3 Å². The quantitative estimate of drug-likeness (QED) is 0.240. The Morgan fingerprint density at radius 3 is 2.41 bits per heavy atom. The largest absolute Gasteiger partial charge is 0.497 e. The topological polar surface area (TPSA) is 150 Å². The first kappa shape index (κ1) is 26.7.